The monoisotopic (exact) mass is 1040 g/mol. The van der Waals surface area contributed by atoms with Gasteiger partial charge in [0.2, 0.25) is 0 Å². The van der Waals surface area contributed by atoms with E-state index in [0.717, 1.165) is 115 Å². The highest BCUT2D eigenvalue weighted by atomic mass is 32.2. The molecule has 2 unspecified atom stereocenters. The van der Waals surface area contributed by atoms with Gasteiger partial charge in [0.05, 0.1) is 9.74 Å². The minimum atomic E-state index is -2.50. The number of thioether (sulfide) groups is 1. The minimum Gasteiger partial charge on any atom is -0.397 e. The highest BCUT2D eigenvalue weighted by Crippen LogP contribution is 2.48. The van der Waals surface area contributed by atoms with E-state index >= 15 is 0 Å². The van der Waals surface area contributed by atoms with E-state index in [4.69, 9.17) is 44.3 Å². The summed E-state index contributed by atoms with van der Waals surface area (Å²) >= 11 is 2.34. The third-order valence-electron chi connectivity index (χ3n) is 13.8. The molecule has 2 atom stereocenters. The van der Waals surface area contributed by atoms with Crippen LogP contribution < -0.4 is 0 Å². The first kappa shape index (κ1) is 67.7. The van der Waals surface area contributed by atoms with Gasteiger partial charge in [-0.05, 0) is 104 Å². The summed E-state index contributed by atoms with van der Waals surface area (Å²) in [6.45, 7) is 17.7. The highest BCUT2D eigenvalue weighted by Gasteiger charge is 2.48. The first-order chi connectivity index (χ1) is 32.3. The lowest BCUT2D eigenvalue weighted by atomic mass is 10.0. The maximum Gasteiger partial charge on any atom is 0.500 e. The molecule has 0 N–H and O–H groups in total. The summed E-state index contributed by atoms with van der Waals surface area (Å²) in [4.78, 5) is 10.8. The second-order valence-electron chi connectivity index (χ2n) is 18.1. The third kappa shape index (κ3) is 26.4. The van der Waals surface area contributed by atoms with Crippen LogP contribution in [0.5, 0.6) is 0 Å². The van der Waals surface area contributed by atoms with Crippen LogP contribution in [0.4, 0.5) is 0 Å². The van der Waals surface area contributed by atoms with Gasteiger partial charge in [-0.25, -0.2) is 0 Å². The molecule has 67 heavy (non-hydrogen) atoms. The fourth-order valence-electron chi connectivity index (χ4n) is 9.85. The molecule has 402 valence electrons. The fraction of sp³-hybridized carbons (Fsp3) is 1.00. The van der Waals surface area contributed by atoms with Crippen LogP contribution >= 0.6 is 11.8 Å². The molecule has 0 aliphatic heterocycles. The normalized spacial score (nSPS) is 14.8. The van der Waals surface area contributed by atoms with E-state index in [-0.39, 0.29) is 9.74 Å². The van der Waals surface area contributed by atoms with Crippen LogP contribution in [0.1, 0.15) is 143 Å². The topological polar surface area (TPSA) is 105 Å². The summed E-state index contributed by atoms with van der Waals surface area (Å²) in [6, 6.07) is 3.72. The Morgan fingerprint density at radius 1 is 0.388 bits per heavy atom. The molecule has 0 heterocycles. The van der Waals surface area contributed by atoms with Crippen LogP contribution in [0.15, 0.2) is 0 Å². The van der Waals surface area contributed by atoms with Crippen molar-refractivity contribution in [2.24, 2.45) is 0 Å². The van der Waals surface area contributed by atoms with Crippen LogP contribution in [0.3, 0.4) is 0 Å². The fourth-order valence-corrected chi connectivity index (χ4v) is 18.0. The molecular weight excluding hydrogens is 937 g/mol. The summed E-state index contributed by atoms with van der Waals surface area (Å²) in [5.74, 6) is 0. The number of unbranched alkanes of at least 4 members (excludes halogenated alkanes) is 12. The van der Waals surface area contributed by atoms with E-state index in [0.29, 0.717) is 0 Å². The number of likely N-dealkylation sites (N-methyl/N-ethyl adjacent to an activating group) is 4. The van der Waals surface area contributed by atoms with Gasteiger partial charge in [-0.3, -0.25) is 9.80 Å². The zero-order chi connectivity index (χ0) is 50.5. The van der Waals surface area contributed by atoms with Gasteiger partial charge in [0.1, 0.15) is 0 Å². The lowest BCUT2D eigenvalue weighted by Gasteiger charge is -2.54. The van der Waals surface area contributed by atoms with E-state index in [9.17, 15) is 0 Å². The zero-order valence-electron chi connectivity index (χ0n) is 46.5. The van der Waals surface area contributed by atoms with Gasteiger partial charge in [0.25, 0.3) is 0 Å². The molecule has 0 aliphatic carbocycles. The van der Waals surface area contributed by atoms with Crippen molar-refractivity contribution in [3.63, 3.8) is 0 Å². The summed E-state index contributed by atoms with van der Waals surface area (Å²) in [5, 5.41) is 0. The van der Waals surface area contributed by atoms with Gasteiger partial charge < -0.3 is 54.1 Å². The molecule has 0 saturated heterocycles. The van der Waals surface area contributed by atoms with Crippen LogP contribution in [0.25, 0.3) is 0 Å². The number of hydrogen-bond donors (Lipinski definition) is 0. The Balaban J connectivity index is 6.72. The lowest BCUT2D eigenvalue weighted by Crippen LogP contribution is -2.61. The van der Waals surface area contributed by atoms with E-state index < -0.39 is 36.2 Å². The van der Waals surface area contributed by atoms with E-state index in [2.05, 4.69) is 73.2 Å². The van der Waals surface area contributed by atoms with Crippen LogP contribution in [0, 0.1) is 0 Å². The molecule has 0 fully saturated rings. The van der Waals surface area contributed by atoms with Crippen molar-refractivity contribution in [3.8, 4) is 0 Å². The van der Waals surface area contributed by atoms with Crippen molar-refractivity contribution in [2.45, 2.75) is 177 Å². The molecule has 0 spiro atoms. The van der Waals surface area contributed by atoms with Crippen LogP contribution in [-0.2, 0) is 44.3 Å². The molecule has 0 aromatic rings. The Morgan fingerprint density at radius 3 is 0.910 bits per heavy atom. The molecular formula is C48H108N4O10SSi4. The molecule has 2 radical (unpaired) electrons. The molecule has 0 rings (SSSR count). The van der Waals surface area contributed by atoms with Gasteiger partial charge in [0.15, 0.2) is 0 Å². The van der Waals surface area contributed by atoms with Crippen molar-refractivity contribution < 1.29 is 44.3 Å². The van der Waals surface area contributed by atoms with Crippen molar-refractivity contribution in [3.05, 3.63) is 0 Å². The molecule has 0 bridgehead atoms. The van der Waals surface area contributed by atoms with Gasteiger partial charge in [-0.1, -0.05) is 105 Å². The largest absolute Gasteiger partial charge is 0.500 e. The number of rotatable bonds is 50. The van der Waals surface area contributed by atoms with Crippen LogP contribution in [0.2, 0.25) is 24.2 Å². The van der Waals surface area contributed by atoms with Crippen molar-refractivity contribution >= 4 is 47.9 Å². The molecule has 14 nitrogen and oxygen atoms in total. The molecule has 0 aromatic heterocycles. The maximum absolute atomic E-state index is 5.70. The standard InChI is InChI=1S/C48H108N4O10SSi4/c1-17-51(18-2)47(45-49(5)39-35-41-64(53-7)54-8,37-31-27-23-21-25-29-33-43-66(57-11,58-12)59-13)63-48(52(19-3)20-4,46-50(6)40-36-42-65(55-9)56-10)38-32-28-24-22-26-30-34-44-67(60-14,61-15)62-16/h17-46H2,1-16H3. The second kappa shape index (κ2) is 41.1. The number of hydrogen-bond acceptors (Lipinski definition) is 15. The Kier molecular flexibility index (Phi) is 41.5. The SMILES string of the molecule is CCN(CC)C(CCCCCCCCC[Si](OC)(OC)OC)(CN(C)CCC[Si](OC)OC)SC(CCCCCCCCC[Si](OC)(OC)OC)(CN(C)CCC[Si](OC)OC)N(CC)CC. The van der Waals surface area contributed by atoms with Crippen molar-refractivity contribution in [1.82, 2.24) is 19.6 Å². The first-order valence-electron chi connectivity index (χ1n) is 26.1. The molecule has 0 aliphatic rings. The van der Waals surface area contributed by atoms with Crippen molar-refractivity contribution in [1.29, 1.82) is 0 Å². The Hall–Kier alpha value is 0.658. The second-order valence-corrected chi connectivity index (χ2v) is 30.1. The van der Waals surface area contributed by atoms with Gasteiger partial charge in [0, 0.05) is 96.3 Å². The average molecular weight is 1050 g/mol. The third-order valence-corrected chi connectivity index (χ3v) is 24.8. The molecule has 0 aromatic carbocycles. The molecule has 0 amide bonds. The van der Waals surface area contributed by atoms with Gasteiger partial charge in [-0.15, -0.1) is 11.8 Å². The summed E-state index contributed by atoms with van der Waals surface area (Å²) in [7, 11) is 14.7. The quantitative estimate of drug-likeness (QED) is 0.0328. The predicted octanol–water partition coefficient (Wildman–Crippen LogP) is 10.00. The first-order valence-corrected chi connectivity index (χ1v) is 33.8. The van der Waals surface area contributed by atoms with E-state index in [1.807, 2.05) is 0 Å². The Bertz CT molecular complexity index is 1020. The average Bonchev–Trinajstić information content (AvgIpc) is 3.34. The van der Waals surface area contributed by atoms with Gasteiger partial charge >= 0.3 is 36.2 Å². The highest BCUT2D eigenvalue weighted by molar-refractivity contribution is 8.02. The predicted molar refractivity (Wildman–Crippen MR) is 289 cm³/mol. The summed E-state index contributed by atoms with van der Waals surface area (Å²) < 4.78 is 56.8. The van der Waals surface area contributed by atoms with Crippen molar-refractivity contribution in [2.75, 3.05) is 138 Å². The summed E-state index contributed by atoms with van der Waals surface area (Å²) in [6.07, 6.45) is 21.4. The zero-order valence-corrected chi connectivity index (χ0v) is 51.3. The van der Waals surface area contributed by atoms with E-state index in [1.165, 1.54) is 77.0 Å². The smallest absolute Gasteiger partial charge is 0.397 e. The number of nitrogens with zero attached hydrogens (tertiary/aromatic N) is 4. The van der Waals surface area contributed by atoms with Gasteiger partial charge in [-0.2, -0.15) is 0 Å². The minimum absolute atomic E-state index is 0.0696. The molecule has 0 saturated carbocycles. The molecule has 19 heteroatoms. The summed E-state index contributed by atoms with van der Waals surface area (Å²) in [5.41, 5.74) is 0. The maximum atomic E-state index is 5.70. The van der Waals surface area contributed by atoms with E-state index in [1.54, 1.807) is 71.1 Å². The Labute approximate surface area is 424 Å². The Morgan fingerprint density at radius 2 is 0.657 bits per heavy atom. The lowest BCUT2D eigenvalue weighted by molar-refractivity contribution is 0.1000. The van der Waals surface area contributed by atoms with Crippen LogP contribution in [-0.4, -0.2) is 203 Å².